The SMILES string of the molecule is N#Cc1ccc(COC2CN(C(=O)N3CCCN(C4CCC4)CC3)C2)cc1. The van der Waals surface area contributed by atoms with Crippen molar-refractivity contribution in [1.29, 1.82) is 5.26 Å². The van der Waals surface area contributed by atoms with E-state index in [0.29, 0.717) is 25.3 Å². The molecule has 1 aliphatic carbocycles. The highest BCUT2D eigenvalue weighted by Gasteiger charge is 2.35. The Hall–Kier alpha value is -2.10. The minimum atomic E-state index is 0.114. The Balaban J connectivity index is 1.18. The summed E-state index contributed by atoms with van der Waals surface area (Å²) in [5.74, 6) is 0. The summed E-state index contributed by atoms with van der Waals surface area (Å²) < 4.78 is 5.90. The van der Waals surface area contributed by atoms with Crippen LogP contribution in [-0.2, 0) is 11.3 Å². The van der Waals surface area contributed by atoms with Crippen molar-refractivity contribution in [2.24, 2.45) is 0 Å². The number of urea groups is 1. The summed E-state index contributed by atoms with van der Waals surface area (Å²) >= 11 is 0. The number of hydrogen-bond acceptors (Lipinski definition) is 4. The first-order valence-corrected chi connectivity index (χ1v) is 10.1. The van der Waals surface area contributed by atoms with Crippen LogP contribution in [0.3, 0.4) is 0 Å². The van der Waals surface area contributed by atoms with E-state index < -0.39 is 0 Å². The van der Waals surface area contributed by atoms with E-state index in [9.17, 15) is 4.79 Å². The van der Waals surface area contributed by atoms with Crippen LogP contribution in [0, 0.1) is 11.3 Å². The lowest BCUT2D eigenvalue weighted by Crippen LogP contribution is -2.58. The number of benzene rings is 1. The fourth-order valence-corrected chi connectivity index (χ4v) is 4.04. The molecule has 0 unspecified atom stereocenters. The first kappa shape index (κ1) is 18.3. The molecule has 0 spiro atoms. The summed E-state index contributed by atoms with van der Waals surface area (Å²) in [6, 6.07) is 10.5. The zero-order chi connectivity index (χ0) is 18.6. The van der Waals surface area contributed by atoms with Crippen LogP contribution in [0.15, 0.2) is 24.3 Å². The van der Waals surface area contributed by atoms with Gasteiger partial charge < -0.3 is 14.5 Å². The van der Waals surface area contributed by atoms with Crippen molar-refractivity contribution >= 4 is 6.03 Å². The van der Waals surface area contributed by atoms with Gasteiger partial charge in [0, 0.05) is 32.2 Å². The molecule has 1 saturated carbocycles. The maximum absolute atomic E-state index is 12.7. The van der Waals surface area contributed by atoms with Crippen molar-refractivity contribution < 1.29 is 9.53 Å². The number of hydrogen-bond donors (Lipinski definition) is 0. The highest BCUT2D eigenvalue weighted by atomic mass is 16.5. The monoisotopic (exact) mass is 368 g/mol. The normalized spacial score (nSPS) is 21.9. The third-order valence-electron chi connectivity index (χ3n) is 6.08. The van der Waals surface area contributed by atoms with Gasteiger partial charge in [-0.2, -0.15) is 5.26 Å². The molecule has 0 radical (unpaired) electrons. The van der Waals surface area contributed by atoms with E-state index in [1.807, 2.05) is 34.1 Å². The van der Waals surface area contributed by atoms with Gasteiger partial charge in [0.25, 0.3) is 0 Å². The maximum atomic E-state index is 12.7. The smallest absolute Gasteiger partial charge is 0.320 e. The largest absolute Gasteiger partial charge is 0.370 e. The molecule has 144 valence electrons. The Bertz CT molecular complexity index is 689. The van der Waals surface area contributed by atoms with Crippen molar-refractivity contribution in [2.45, 2.75) is 44.4 Å². The summed E-state index contributed by atoms with van der Waals surface area (Å²) in [7, 11) is 0. The highest BCUT2D eigenvalue weighted by Crippen LogP contribution is 2.26. The van der Waals surface area contributed by atoms with E-state index in [2.05, 4.69) is 11.0 Å². The Labute approximate surface area is 161 Å². The second-order valence-electron chi connectivity index (χ2n) is 7.89. The molecular weight excluding hydrogens is 340 g/mol. The van der Waals surface area contributed by atoms with Crippen LogP contribution in [-0.4, -0.2) is 72.1 Å². The first-order valence-electron chi connectivity index (χ1n) is 10.1. The molecule has 2 saturated heterocycles. The molecule has 1 aromatic carbocycles. The van der Waals surface area contributed by atoms with Gasteiger partial charge in [-0.15, -0.1) is 0 Å². The molecule has 2 aliphatic heterocycles. The van der Waals surface area contributed by atoms with Crippen molar-refractivity contribution in [3.8, 4) is 6.07 Å². The Morgan fingerprint density at radius 3 is 2.48 bits per heavy atom. The summed E-state index contributed by atoms with van der Waals surface area (Å²) in [5.41, 5.74) is 1.72. The van der Waals surface area contributed by atoms with Gasteiger partial charge in [-0.05, 0) is 37.0 Å². The van der Waals surface area contributed by atoms with Crippen molar-refractivity contribution in [3.05, 3.63) is 35.4 Å². The van der Waals surface area contributed by atoms with Crippen molar-refractivity contribution in [3.63, 3.8) is 0 Å². The van der Waals surface area contributed by atoms with Crippen LogP contribution in [0.1, 0.15) is 36.8 Å². The molecule has 2 amide bonds. The molecule has 0 aromatic heterocycles. The van der Waals surface area contributed by atoms with E-state index in [1.54, 1.807) is 0 Å². The Kier molecular flexibility index (Phi) is 5.61. The second kappa shape index (κ2) is 8.28. The van der Waals surface area contributed by atoms with Gasteiger partial charge in [0.1, 0.15) is 0 Å². The predicted octanol–water partition coefficient (Wildman–Crippen LogP) is 2.44. The lowest BCUT2D eigenvalue weighted by Gasteiger charge is -2.41. The molecule has 27 heavy (non-hydrogen) atoms. The Morgan fingerprint density at radius 2 is 1.81 bits per heavy atom. The van der Waals surface area contributed by atoms with Crippen molar-refractivity contribution in [1.82, 2.24) is 14.7 Å². The number of nitriles is 1. The minimum absolute atomic E-state index is 0.114. The lowest BCUT2D eigenvalue weighted by atomic mass is 9.91. The number of carbonyl (C=O) groups is 1. The number of rotatable bonds is 4. The quantitative estimate of drug-likeness (QED) is 0.819. The lowest BCUT2D eigenvalue weighted by molar-refractivity contribution is -0.0493. The molecule has 3 aliphatic rings. The fourth-order valence-electron chi connectivity index (χ4n) is 4.04. The second-order valence-corrected chi connectivity index (χ2v) is 7.89. The number of likely N-dealkylation sites (tertiary alicyclic amines) is 1. The Morgan fingerprint density at radius 1 is 1.04 bits per heavy atom. The average Bonchev–Trinajstić information content (AvgIpc) is 2.85. The molecule has 4 rings (SSSR count). The molecule has 6 nitrogen and oxygen atoms in total. The fraction of sp³-hybridized carbons (Fsp3) is 0.619. The number of carbonyl (C=O) groups excluding carboxylic acids is 1. The van der Waals surface area contributed by atoms with E-state index >= 15 is 0 Å². The molecule has 2 heterocycles. The number of ether oxygens (including phenoxy) is 1. The van der Waals surface area contributed by atoms with Gasteiger partial charge in [-0.1, -0.05) is 18.6 Å². The summed E-state index contributed by atoms with van der Waals surface area (Å²) in [5, 5.41) is 8.83. The van der Waals surface area contributed by atoms with Crippen LogP contribution < -0.4 is 0 Å². The van der Waals surface area contributed by atoms with E-state index in [-0.39, 0.29) is 12.1 Å². The van der Waals surface area contributed by atoms with Crippen LogP contribution in [0.5, 0.6) is 0 Å². The van der Waals surface area contributed by atoms with Gasteiger partial charge in [-0.25, -0.2) is 4.79 Å². The van der Waals surface area contributed by atoms with Gasteiger partial charge in [0.2, 0.25) is 0 Å². The zero-order valence-electron chi connectivity index (χ0n) is 15.8. The number of amides is 2. The van der Waals surface area contributed by atoms with Gasteiger partial charge in [-0.3, -0.25) is 4.90 Å². The van der Waals surface area contributed by atoms with E-state index in [0.717, 1.165) is 44.2 Å². The molecule has 6 heteroatoms. The van der Waals surface area contributed by atoms with E-state index in [4.69, 9.17) is 10.00 Å². The topological polar surface area (TPSA) is 59.8 Å². The number of nitrogens with zero attached hydrogens (tertiary/aromatic N) is 4. The van der Waals surface area contributed by atoms with Crippen LogP contribution in [0.25, 0.3) is 0 Å². The van der Waals surface area contributed by atoms with E-state index in [1.165, 1.54) is 19.3 Å². The molecule has 0 N–H and O–H groups in total. The summed E-state index contributed by atoms with van der Waals surface area (Å²) in [6.07, 6.45) is 5.22. The summed E-state index contributed by atoms with van der Waals surface area (Å²) in [4.78, 5) is 19.2. The third kappa shape index (κ3) is 4.26. The molecule has 1 aromatic rings. The van der Waals surface area contributed by atoms with Crippen molar-refractivity contribution in [2.75, 3.05) is 39.3 Å². The molecule has 0 bridgehead atoms. The maximum Gasteiger partial charge on any atom is 0.320 e. The molecule has 3 fully saturated rings. The third-order valence-corrected chi connectivity index (χ3v) is 6.08. The standard InChI is InChI=1S/C21H28N4O2/c22-13-17-5-7-18(8-6-17)16-27-20-14-25(15-20)21(26)24-10-2-9-23(11-12-24)19-3-1-4-19/h5-8,19-20H,1-4,9-12,14-16H2. The van der Waals surface area contributed by atoms with Gasteiger partial charge in [0.15, 0.2) is 0 Å². The van der Waals surface area contributed by atoms with Gasteiger partial charge >= 0.3 is 6.03 Å². The van der Waals surface area contributed by atoms with Crippen LogP contribution in [0.2, 0.25) is 0 Å². The average molecular weight is 368 g/mol. The zero-order valence-corrected chi connectivity index (χ0v) is 15.8. The molecular formula is C21H28N4O2. The van der Waals surface area contributed by atoms with Gasteiger partial charge in [0.05, 0.1) is 37.4 Å². The van der Waals surface area contributed by atoms with Crippen LogP contribution >= 0.6 is 0 Å². The summed E-state index contributed by atoms with van der Waals surface area (Å²) in [6.45, 7) is 5.75. The highest BCUT2D eigenvalue weighted by molar-refractivity contribution is 5.75. The molecule has 0 atom stereocenters. The van der Waals surface area contributed by atoms with Crippen LogP contribution in [0.4, 0.5) is 4.79 Å². The minimum Gasteiger partial charge on any atom is -0.370 e. The predicted molar refractivity (Wildman–Crippen MR) is 102 cm³/mol. The first-order chi connectivity index (χ1) is 13.2.